The van der Waals surface area contributed by atoms with Crippen molar-refractivity contribution in [1.82, 2.24) is 4.90 Å². The van der Waals surface area contributed by atoms with Crippen LogP contribution < -0.4 is 5.73 Å². The quantitative estimate of drug-likeness (QED) is 0.664. The Kier molecular flexibility index (Phi) is 4.13. The lowest BCUT2D eigenvalue weighted by Gasteiger charge is -2.21. The highest BCUT2D eigenvalue weighted by Gasteiger charge is 2.31. The van der Waals surface area contributed by atoms with E-state index in [0.717, 1.165) is 5.56 Å². The molecule has 1 fully saturated rings. The van der Waals surface area contributed by atoms with Crippen LogP contribution in [0.3, 0.4) is 0 Å². The van der Waals surface area contributed by atoms with Crippen LogP contribution in [0.25, 0.3) is 6.08 Å². The third-order valence-electron chi connectivity index (χ3n) is 3.46. The maximum absolute atomic E-state index is 12.0. The largest absolute Gasteiger partial charge is 0.399 e. The summed E-state index contributed by atoms with van der Waals surface area (Å²) in [6.45, 7) is 0. The molecule has 1 unspecified atom stereocenters. The summed E-state index contributed by atoms with van der Waals surface area (Å²) >= 11 is 0. The standard InChI is InChI=1S/C14H18N2O3S/c1-16(13-8-9-20(18,19)10-13)14(17)7-4-11-2-5-12(15)6-3-11/h2-7,13H,8-10,15H2,1H3/b7-4+. The van der Waals surface area contributed by atoms with Crippen molar-refractivity contribution in [3.8, 4) is 0 Å². The molecule has 0 aliphatic carbocycles. The first-order valence-corrected chi connectivity index (χ1v) is 8.20. The van der Waals surface area contributed by atoms with E-state index >= 15 is 0 Å². The highest BCUT2D eigenvalue weighted by Crippen LogP contribution is 2.17. The Morgan fingerprint density at radius 2 is 2.00 bits per heavy atom. The second-order valence-electron chi connectivity index (χ2n) is 5.01. The normalized spacial score (nSPS) is 21.1. The van der Waals surface area contributed by atoms with Crippen LogP contribution >= 0.6 is 0 Å². The van der Waals surface area contributed by atoms with E-state index in [9.17, 15) is 13.2 Å². The number of rotatable bonds is 3. The van der Waals surface area contributed by atoms with Crippen LogP contribution in [0.2, 0.25) is 0 Å². The number of hydrogen-bond acceptors (Lipinski definition) is 4. The number of amides is 1. The molecule has 5 nitrogen and oxygen atoms in total. The van der Waals surface area contributed by atoms with E-state index in [1.807, 2.05) is 12.1 Å². The predicted molar refractivity (Wildman–Crippen MR) is 79.7 cm³/mol. The van der Waals surface area contributed by atoms with E-state index < -0.39 is 9.84 Å². The summed E-state index contributed by atoms with van der Waals surface area (Å²) in [4.78, 5) is 13.5. The van der Waals surface area contributed by atoms with Crippen LogP contribution in [-0.4, -0.2) is 43.8 Å². The number of carbonyl (C=O) groups is 1. The first kappa shape index (κ1) is 14.6. The van der Waals surface area contributed by atoms with Gasteiger partial charge in [-0.05, 0) is 30.2 Å². The Bertz CT molecular complexity index is 620. The van der Waals surface area contributed by atoms with Crippen LogP contribution in [0.5, 0.6) is 0 Å². The summed E-state index contributed by atoms with van der Waals surface area (Å²) < 4.78 is 22.8. The average molecular weight is 294 g/mol. The lowest BCUT2D eigenvalue weighted by Crippen LogP contribution is -2.36. The predicted octanol–water partition coefficient (Wildman–Crippen LogP) is 0.927. The molecule has 108 valence electrons. The maximum atomic E-state index is 12.0. The zero-order chi connectivity index (χ0) is 14.8. The molecule has 20 heavy (non-hydrogen) atoms. The molecule has 1 aliphatic rings. The van der Waals surface area contributed by atoms with Crippen LogP contribution in [0.4, 0.5) is 5.69 Å². The molecule has 1 aromatic carbocycles. The van der Waals surface area contributed by atoms with Crippen molar-refractivity contribution < 1.29 is 13.2 Å². The third-order valence-corrected chi connectivity index (χ3v) is 5.21. The fraction of sp³-hybridized carbons (Fsp3) is 0.357. The second-order valence-corrected chi connectivity index (χ2v) is 7.23. The summed E-state index contributed by atoms with van der Waals surface area (Å²) in [7, 11) is -1.34. The number of sulfone groups is 1. The number of anilines is 1. The lowest BCUT2D eigenvalue weighted by molar-refractivity contribution is -0.126. The van der Waals surface area contributed by atoms with E-state index in [4.69, 9.17) is 5.73 Å². The van der Waals surface area contributed by atoms with Gasteiger partial charge in [-0.1, -0.05) is 12.1 Å². The fourth-order valence-corrected chi connectivity index (χ4v) is 3.93. The number of carbonyl (C=O) groups excluding carboxylic acids is 1. The van der Waals surface area contributed by atoms with Crippen LogP contribution in [0.15, 0.2) is 30.3 Å². The van der Waals surface area contributed by atoms with Crippen molar-refractivity contribution in [3.63, 3.8) is 0 Å². The molecule has 1 heterocycles. The minimum absolute atomic E-state index is 0.0605. The van der Waals surface area contributed by atoms with Gasteiger partial charge >= 0.3 is 0 Å². The Balaban J connectivity index is 1.99. The van der Waals surface area contributed by atoms with Gasteiger partial charge in [-0.25, -0.2) is 8.42 Å². The molecule has 0 aromatic heterocycles. The molecule has 2 rings (SSSR count). The molecule has 1 atom stereocenters. The number of nitrogen functional groups attached to an aromatic ring is 1. The van der Waals surface area contributed by atoms with E-state index in [1.54, 1.807) is 25.3 Å². The van der Waals surface area contributed by atoms with E-state index in [-0.39, 0.29) is 23.5 Å². The fourth-order valence-electron chi connectivity index (χ4n) is 2.15. The summed E-state index contributed by atoms with van der Waals surface area (Å²) in [6, 6.07) is 6.94. The number of nitrogens with zero attached hydrogens (tertiary/aromatic N) is 1. The summed E-state index contributed by atoms with van der Waals surface area (Å²) in [6.07, 6.45) is 3.67. The van der Waals surface area contributed by atoms with Crippen molar-refractivity contribution in [3.05, 3.63) is 35.9 Å². The highest BCUT2D eigenvalue weighted by atomic mass is 32.2. The summed E-state index contributed by atoms with van der Waals surface area (Å²) in [5, 5.41) is 0. The minimum atomic E-state index is -2.98. The molecule has 1 saturated heterocycles. The smallest absolute Gasteiger partial charge is 0.246 e. The molecule has 0 spiro atoms. The Hall–Kier alpha value is -1.82. The number of likely N-dealkylation sites (N-methyl/N-ethyl adjacent to an activating group) is 1. The maximum Gasteiger partial charge on any atom is 0.246 e. The van der Waals surface area contributed by atoms with Gasteiger partial charge in [-0.3, -0.25) is 4.79 Å². The molecular weight excluding hydrogens is 276 g/mol. The molecule has 6 heteroatoms. The van der Waals surface area contributed by atoms with Gasteiger partial charge in [-0.2, -0.15) is 0 Å². The van der Waals surface area contributed by atoms with Crippen LogP contribution in [0, 0.1) is 0 Å². The molecule has 0 radical (unpaired) electrons. The molecular formula is C14H18N2O3S. The number of nitrogens with two attached hydrogens (primary N) is 1. The van der Waals surface area contributed by atoms with Gasteiger partial charge in [0.2, 0.25) is 5.91 Å². The van der Waals surface area contributed by atoms with Crippen molar-refractivity contribution >= 4 is 27.5 Å². The average Bonchev–Trinajstić information content (AvgIpc) is 2.77. The molecule has 1 aromatic rings. The van der Waals surface area contributed by atoms with Gasteiger partial charge in [0.15, 0.2) is 9.84 Å². The summed E-state index contributed by atoms with van der Waals surface area (Å²) in [5.41, 5.74) is 7.13. The van der Waals surface area contributed by atoms with Gasteiger partial charge in [0.25, 0.3) is 0 Å². The van der Waals surface area contributed by atoms with Gasteiger partial charge in [0, 0.05) is 24.9 Å². The van der Waals surface area contributed by atoms with Crippen molar-refractivity contribution in [2.45, 2.75) is 12.5 Å². The Labute approximate surface area is 119 Å². The molecule has 1 aliphatic heterocycles. The lowest BCUT2D eigenvalue weighted by atomic mass is 10.2. The minimum Gasteiger partial charge on any atom is -0.399 e. The van der Waals surface area contributed by atoms with E-state index in [0.29, 0.717) is 12.1 Å². The highest BCUT2D eigenvalue weighted by molar-refractivity contribution is 7.91. The topological polar surface area (TPSA) is 80.5 Å². The zero-order valence-electron chi connectivity index (χ0n) is 11.3. The zero-order valence-corrected chi connectivity index (χ0v) is 12.1. The monoisotopic (exact) mass is 294 g/mol. The van der Waals surface area contributed by atoms with Crippen LogP contribution in [0.1, 0.15) is 12.0 Å². The molecule has 2 N–H and O–H groups in total. The SMILES string of the molecule is CN(C(=O)/C=C/c1ccc(N)cc1)C1CCS(=O)(=O)C1. The molecule has 0 bridgehead atoms. The first-order valence-electron chi connectivity index (χ1n) is 6.38. The number of benzene rings is 1. The van der Waals surface area contributed by atoms with Crippen molar-refractivity contribution in [2.75, 3.05) is 24.3 Å². The Morgan fingerprint density at radius 1 is 1.35 bits per heavy atom. The van der Waals surface area contributed by atoms with Gasteiger partial charge in [-0.15, -0.1) is 0 Å². The van der Waals surface area contributed by atoms with Crippen molar-refractivity contribution in [2.24, 2.45) is 0 Å². The summed E-state index contributed by atoms with van der Waals surface area (Å²) in [5.74, 6) is 0.0333. The third kappa shape index (κ3) is 3.60. The van der Waals surface area contributed by atoms with Gasteiger partial charge in [0.1, 0.15) is 0 Å². The van der Waals surface area contributed by atoms with Crippen LogP contribution in [-0.2, 0) is 14.6 Å². The van der Waals surface area contributed by atoms with Gasteiger partial charge in [0.05, 0.1) is 11.5 Å². The molecule has 0 saturated carbocycles. The van der Waals surface area contributed by atoms with E-state index in [1.165, 1.54) is 11.0 Å². The van der Waals surface area contributed by atoms with E-state index in [2.05, 4.69) is 0 Å². The van der Waals surface area contributed by atoms with Gasteiger partial charge < -0.3 is 10.6 Å². The first-order chi connectivity index (χ1) is 9.37. The second kappa shape index (κ2) is 5.66. The molecule has 1 amide bonds. The Morgan fingerprint density at radius 3 is 2.55 bits per heavy atom. The van der Waals surface area contributed by atoms with Crippen molar-refractivity contribution in [1.29, 1.82) is 0 Å². The number of hydrogen-bond donors (Lipinski definition) is 1.